The lowest BCUT2D eigenvalue weighted by molar-refractivity contribution is -0.136. The fourth-order valence-corrected chi connectivity index (χ4v) is 6.71. The maximum atomic E-state index is 13.3. The average molecular weight is 830 g/mol. The van der Waals surface area contributed by atoms with Crippen molar-refractivity contribution >= 4 is 64.7 Å². The Morgan fingerprint density at radius 2 is 1.80 bits per heavy atom. The summed E-state index contributed by atoms with van der Waals surface area (Å²) in [5, 5.41) is 5.46. The number of hydrogen-bond donors (Lipinski definition) is 4. The van der Waals surface area contributed by atoms with E-state index in [0.717, 1.165) is 51.5 Å². The third-order valence-electron chi connectivity index (χ3n) is 10.3. The van der Waals surface area contributed by atoms with Crippen LogP contribution in [0.1, 0.15) is 70.6 Å². The number of carbonyl (C=O) groups excluding carboxylic acids is 5. The van der Waals surface area contributed by atoms with Gasteiger partial charge in [-0.3, -0.25) is 34.3 Å². The molecule has 17 nitrogen and oxygen atoms in total. The molecule has 1 saturated carbocycles. The number of rotatable bonds is 18. The fourth-order valence-electron chi connectivity index (χ4n) is 6.61. The first-order chi connectivity index (χ1) is 28.5. The number of anilines is 2. The van der Waals surface area contributed by atoms with Crippen LogP contribution in [0.3, 0.4) is 0 Å². The van der Waals surface area contributed by atoms with Crippen molar-refractivity contribution < 1.29 is 38.2 Å². The minimum absolute atomic E-state index is 0.0668. The van der Waals surface area contributed by atoms with Crippen molar-refractivity contribution in [3.63, 3.8) is 0 Å². The number of nitrogens with two attached hydrogens (primary N) is 2. The first kappa shape index (κ1) is 42.7. The number of halogens is 1. The van der Waals surface area contributed by atoms with Crippen molar-refractivity contribution in [2.45, 2.75) is 50.6 Å². The Balaban J connectivity index is 0.950. The molecule has 0 radical (unpaired) electrons. The van der Waals surface area contributed by atoms with E-state index in [4.69, 9.17) is 42.3 Å². The molecule has 312 valence electrons. The Bertz CT molecular complexity index is 2090. The Kier molecular flexibility index (Phi) is 14.6. The molecule has 6 rings (SSSR count). The fraction of sp³-hybridized carbons (Fsp3) is 0.415. The second-order valence-electron chi connectivity index (χ2n) is 14.6. The largest absolute Gasteiger partial charge is 0.491 e. The highest BCUT2D eigenvalue weighted by molar-refractivity contribution is 6.30. The zero-order valence-corrected chi connectivity index (χ0v) is 33.5. The van der Waals surface area contributed by atoms with Gasteiger partial charge in [0, 0.05) is 80.8 Å². The number of imide groups is 1. The number of nitrogens with zero attached hydrogens (tertiary/aromatic N) is 5. The summed E-state index contributed by atoms with van der Waals surface area (Å²) in [4.78, 5) is 78.7. The number of aromatic nitrogens is 2. The van der Waals surface area contributed by atoms with Crippen molar-refractivity contribution in [1.82, 2.24) is 25.1 Å². The molecule has 3 heterocycles. The number of carbonyl (C=O) groups is 5. The van der Waals surface area contributed by atoms with Gasteiger partial charge in [0.25, 0.3) is 11.8 Å². The molecule has 1 aliphatic carbocycles. The van der Waals surface area contributed by atoms with Gasteiger partial charge >= 0.3 is 0 Å². The van der Waals surface area contributed by atoms with E-state index in [1.54, 1.807) is 24.4 Å². The number of aliphatic imine (C=N–C) groups is 1. The van der Waals surface area contributed by atoms with Gasteiger partial charge in [-0.15, -0.1) is 0 Å². The van der Waals surface area contributed by atoms with Gasteiger partial charge in [0.2, 0.25) is 11.8 Å². The SMILES string of the molecule is CN(C(=O)c1cc(OCCOCCN2CCC(N=Cc3cc(NC(=O)/C(=C/N)c4ncc(Cl)cn4)c(OCC4CC4)cc3N)CC2)ccc1C=O)C1CCC(=O)NC1=O. The molecule has 3 aliphatic rings. The third kappa shape index (κ3) is 11.6. The van der Waals surface area contributed by atoms with Crippen LogP contribution < -0.4 is 31.6 Å². The van der Waals surface area contributed by atoms with Crippen molar-refractivity contribution in [2.75, 3.05) is 64.2 Å². The zero-order valence-electron chi connectivity index (χ0n) is 32.7. The normalized spacial score (nSPS) is 17.7. The maximum absolute atomic E-state index is 13.3. The lowest BCUT2D eigenvalue weighted by Crippen LogP contribution is -2.53. The molecule has 0 spiro atoms. The molecule has 1 unspecified atom stereocenters. The smallest absolute Gasteiger partial charge is 0.261 e. The van der Waals surface area contributed by atoms with E-state index < -0.39 is 23.8 Å². The lowest BCUT2D eigenvalue weighted by Gasteiger charge is -2.30. The van der Waals surface area contributed by atoms with Crippen LogP contribution in [0.4, 0.5) is 11.4 Å². The molecule has 59 heavy (non-hydrogen) atoms. The highest BCUT2D eigenvalue weighted by atomic mass is 35.5. The van der Waals surface area contributed by atoms with Crippen LogP contribution in [0.15, 0.2) is 53.9 Å². The molecule has 1 aromatic heterocycles. The Labute approximate surface area is 346 Å². The van der Waals surface area contributed by atoms with Crippen molar-refractivity contribution in [3.8, 4) is 11.5 Å². The van der Waals surface area contributed by atoms with Crippen LogP contribution in [0.25, 0.3) is 5.57 Å². The van der Waals surface area contributed by atoms with Gasteiger partial charge in [0.05, 0.1) is 47.7 Å². The van der Waals surface area contributed by atoms with Crippen molar-refractivity contribution in [3.05, 3.63) is 76.5 Å². The van der Waals surface area contributed by atoms with Crippen LogP contribution in [-0.4, -0.2) is 121 Å². The number of nitrogens with one attached hydrogen (secondary N) is 2. The van der Waals surface area contributed by atoms with E-state index in [-0.39, 0.29) is 53.9 Å². The van der Waals surface area contributed by atoms with E-state index in [0.29, 0.717) is 65.5 Å². The minimum atomic E-state index is -0.820. The molecule has 18 heteroatoms. The third-order valence-corrected chi connectivity index (χ3v) is 10.5. The van der Waals surface area contributed by atoms with Gasteiger partial charge in [0.15, 0.2) is 12.1 Å². The van der Waals surface area contributed by atoms with Crippen LogP contribution in [0.2, 0.25) is 5.02 Å². The van der Waals surface area contributed by atoms with Crippen LogP contribution >= 0.6 is 11.6 Å². The van der Waals surface area contributed by atoms with E-state index in [1.807, 2.05) is 0 Å². The minimum Gasteiger partial charge on any atom is -0.491 e. The summed E-state index contributed by atoms with van der Waals surface area (Å²) in [7, 11) is 1.47. The molecule has 3 fully saturated rings. The van der Waals surface area contributed by atoms with Gasteiger partial charge in [0.1, 0.15) is 24.1 Å². The molecule has 0 bridgehead atoms. The highest BCUT2D eigenvalue weighted by Crippen LogP contribution is 2.35. The first-order valence-corrected chi connectivity index (χ1v) is 19.8. The number of likely N-dealkylation sites (N-methyl/N-ethyl adjacent to an activating group) is 1. The predicted molar refractivity (Wildman–Crippen MR) is 220 cm³/mol. The molecular weight excluding hydrogens is 782 g/mol. The van der Waals surface area contributed by atoms with E-state index in [9.17, 15) is 24.0 Å². The molecular formula is C41H48ClN9O8. The summed E-state index contributed by atoms with van der Waals surface area (Å²) < 4.78 is 17.7. The number of hydrogen-bond acceptors (Lipinski definition) is 14. The number of ether oxygens (including phenoxy) is 3. The van der Waals surface area contributed by atoms with Gasteiger partial charge in [-0.1, -0.05) is 11.6 Å². The first-order valence-electron chi connectivity index (χ1n) is 19.5. The number of benzene rings is 2. The molecule has 4 amide bonds. The molecule has 2 aliphatic heterocycles. The summed E-state index contributed by atoms with van der Waals surface area (Å²) in [6, 6.07) is 7.27. The molecule has 3 aromatic rings. The number of aldehydes is 1. The monoisotopic (exact) mass is 829 g/mol. The van der Waals surface area contributed by atoms with Gasteiger partial charge in [-0.25, -0.2) is 9.97 Å². The molecule has 1 atom stereocenters. The summed E-state index contributed by atoms with van der Waals surface area (Å²) >= 11 is 5.92. The van der Waals surface area contributed by atoms with Gasteiger partial charge < -0.3 is 40.8 Å². The van der Waals surface area contributed by atoms with Crippen molar-refractivity contribution in [1.29, 1.82) is 0 Å². The number of nitrogen functional groups attached to an aromatic ring is 1. The topological polar surface area (TPSA) is 234 Å². The molecule has 6 N–H and O–H groups in total. The van der Waals surface area contributed by atoms with Gasteiger partial charge in [-0.05, 0) is 62.3 Å². The standard InChI is InChI=1S/C41H48ClN9O8/c1-50(35-6-7-37(53)49-40(35)55)41(56)31-17-30(5-4-26(31)23-52)58-15-14-57-13-12-51-10-8-29(9-11-51)45-20-27-16-34(36(18-33(27)44)59-24-25-2-3-25)48-39(54)32(19-43)38-46-21-28(42)22-47-38/h4-5,16-23,25,29,35H,2-3,6-15,24,43-44H2,1H3,(H,48,54)(H,49,53,55)/b32-19+,45-20?. The lowest BCUT2D eigenvalue weighted by atomic mass is 10.0. The Morgan fingerprint density at radius 1 is 1.03 bits per heavy atom. The number of amides is 4. The highest BCUT2D eigenvalue weighted by Gasteiger charge is 2.33. The zero-order chi connectivity index (χ0) is 41.9. The van der Waals surface area contributed by atoms with Crippen LogP contribution in [0, 0.1) is 5.92 Å². The quantitative estimate of drug-likeness (QED) is 0.0361. The van der Waals surface area contributed by atoms with Crippen molar-refractivity contribution in [2.24, 2.45) is 16.6 Å². The second kappa shape index (κ2) is 20.2. The average Bonchev–Trinajstić information content (AvgIpc) is 4.07. The number of likely N-dealkylation sites (tertiary alicyclic amines) is 1. The summed E-state index contributed by atoms with van der Waals surface area (Å²) in [5.41, 5.74) is 14.1. The van der Waals surface area contributed by atoms with E-state index in [2.05, 4.69) is 25.5 Å². The number of piperidine rings is 2. The van der Waals surface area contributed by atoms with Crippen LogP contribution in [0.5, 0.6) is 11.5 Å². The maximum Gasteiger partial charge on any atom is 0.261 e. The van der Waals surface area contributed by atoms with Crippen LogP contribution in [-0.2, 0) is 19.1 Å². The molecule has 2 aromatic carbocycles. The molecule has 2 saturated heterocycles. The predicted octanol–water partition coefficient (Wildman–Crippen LogP) is 3.11. The summed E-state index contributed by atoms with van der Waals surface area (Å²) in [6.07, 6.45) is 10.4. The van der Waals surface area contributed by atoms with E-state index in [1.165, 1.54) is 36.5 Å². The second-order valence-corrected chi connectivity index (χ2v) is 15.0. The van der Waals surface area contributed by atoms with E-state index >= 15 is 0 Å². The Hall–Kier alpha value is -5.91. The summed E-state index contributed by atoms with van der Waals surface area (Å²) in [6.45, 7) is 3.94. The Morgan fingerprint density at radius 3 is 2.49 bits per heavy atom. The summed E-state index contributed by atoms with van der Waals surface area (Å²) in [5.74, 6) is -0.545. The van der Waals surface area contributed by atoms with Gasteiger partial charge in [-0.2, -0.15) is 0 Å².